The summed E-state index contributed by atoms with van der Waals surface area (Å²) in [6.07, 6.45) is 3.75. The minimum absolute atomic E-state index is 0.421. The van der Waals surface area contributed by atoms with E-state index in [1.54, 1.807) is 0 Å². The van der Waals surface area contributed by atoms with Crippen LogP contribution in [0.1, 0.15) is 40.0 Å². The van der Waals surface area contributed by atoms with Crippen LogP contribution < -0.4 is 5.73 Å². The number of likely N-dealkylation sites (N-methyl/N-ethyl adjacent to an activating group) is 1. The van der Waals surface area contributed by atoms with Gasteiger partial charge in [0.2, 0.25) is 0 Å². The first-order valence-electron chi connectivity index (χ1n) is 7.07. The topological polar surface area (TPSA) is 32.5 Å². The minimum Gasteiger partial charge on any atom is -0.330 e. The van der Waals surface area contributed by atoms with E-state index in [9.17, 15) is 0 Å². The van der Waals surface area contributed by atoms with Gasteiger partial charge in [-0.25, -0.2) is 0 Å². The van der Waals surface area contributed by atoms with Gasteiger partial charge >= 0.3 is 0 Å². The maximum atomic E-state index is 5.65. The van der Waals surface area contributed by atoms with Crippen LogP contribution in [0, 0.1) is 5.41 Å². The lowest BCUT2D eigenvalue weighted by molar-refractivity contribution is 0.0947. The molecule has 3 nitrogen and oxygen atoms in total. The molecule has 0 spiro atoms. The first-order valence-corrected chi connectivity index (χ1v) is 7.07. The van der Waals surface area contributed by atoms with Gasteiger partial charge in [-0.15, -0.1) is 0 Å². The molecule has 0 aliphatic carbocycles. The fourth-order valence-electron chi connectivity index (χ4n) is 2.79. The molecule has 1 aliphatic heterocycles. The molecular formula is C14H31N3. The van der Waals surface area contributed by atoms with Crippen molar-refractivity contribution in [3.63, 3.8) is 0 Å². The van der Waals surface area contributed by atoms with Gasteiger partial charge in [-0.05, 0) is 51.7 Å². The molecule has 0 aromatic carbocycles. The molecule has 0 radical (unpaired) electrons. The van der Waals surface area contributed by atoms with Gasteiger partial charge in [0.05, 0.1) is 0 Å². The Balaban J connectivity index is 2.22. The summed E-state index contributed by atoms with van der Waals surface area (Å²) in [5.74, 6) is 0. The SMILES string of the molecule is CC1CN(C)CCN1CCCC(C)(C)CCN. The molecule has 1 rings (SSSR count). The van der Waals surface area contributed by atoms with Crippen LogP contribution >= 0.6 is 0 Å². The van der Waals surface area contributed by atoms with E-state index in [2.05, 4.69) is 37.6 Å². The van der Waals surface area contributed by atoms with E-state index in [1.807, 2.05) is 0 Å². The van der Waals surface area contributed by atoms with Gasteiger partial charge in [0.25, 0.3) is 0 Å². The maximum absolute atomic E-state index is 5.65. The molecule has 3 heteroatoms. The Morgan fingerprint density at radius 3 is 2.53 bits per heavy atom. The van der Waals surface area contributed by atoms with Gasteiger partial charge in [0.15, 0.2) is 0 Å². The number of rotatable bonds is 6. The van der Waals surface area contributed by atoms with Crippen molar-refractivity contribution in [1.82, 2.24) is 9.80 Å². The quantitative estimate of drug-likeness (QED) is 0.769. The minimum atomic E-state index is 0.421. The lowest BCUT2D eigenvalue weighted by Crippen LogP contribution is -2.50. The zero-order valence-electron chi connectivity index (χ0n) is 12.2. The summed E-state index contributed by atoms with van der Waals surface area (Å²) < 4.78 is 0. The molecular weight excluding hydrogens is 210 g/mol. The second-order valence-electron chi connectivity index (χ2n) is 6.45. The third-order valence-electron chi connectivity index (χ3n) is 4.09. The maximum Gasteiger partial charge on any atom is 0.0195 e. The van der Waals surface area contributed by atoms with E-state index in [4.69, 9.17) is 5.73 Å². The molecule has 0 aromatic heterocycles. The smallest absolute Gasteiger partial charge is 0.0195 e. The Kier molecular flexibility index (Phi) is 5.90. The molecule has 102 valence electrons. The van der Waals surface area contributed by atoms with Crippen molar-refractivity contribution in [2.24, 2.45) is 11.1 Å². The number of hydrogen-bond acceptors (Lipinski definition) is 3. The van der Waals surface area contributed by atoms with Crippen LogP contribution in [0.3, 0.4) is 0 Å². The van der Waals surface area contributed by atoms with E-state index >= 15 is 0 Å². The van der Waals surface area contributed by atoms with Gasteiger partial charge in [-0.3, -0.25) is 4.90 Å². The van der Waals surface area contributed by atoms with E-state index in [1.165, 1.54) is 39.0 Å². The van der Waals surface area contributed by atoms with E-state index < -0.39 is 0 Å². The van der Waals surface area contributed by atoms with Gasteiger partial charge in [0, 0.05) is 25.7 Å². The van der Waals surface area contributed by atoms with Gasteiger partial charge in [-0.1, -0.05) is 13.8 Å². The predicted octanol–water partition coefficient (Wildman–Crippen LogP) is 1.78. The normalized spacial score (nSPS) is 24.2. The van der Waals surface area contributed by atoms with Crippen molar-refractivity contribution in [3.05, 3.63) is 0 Å². The van der Waals surface area contributed by atoms with Crippen molar-refractivity contribution in [1.29, 1.82) is 0 Å². The molecule has 1 unspecified atom stereocenters. The van der Waals surface area contributed by atoms with Crippen LogP contribution in [-0.4, -0.2) is 55.6 Å². The Bertz CT molecular complexity index is 216. The average Bonchev–Trinajstić information content (AvgIpc) is 2.21. The van der Waals surface area contributed by atoms with Gasteiger partial charge in [0.1, 0.15) is 0 Å². The summed E-state index contributed by atoms with van der Waals surface area (Å²) in [6.45, 7) is 12.8. The second kappa shape index (κ2) is 6.72. The first-order chi connectivity index (χ1) is 7.94. The molecule has 1 atom stereocenters. The molecule has 0 saturated carbocycles. The monoisotopic (exact) mass is 241 g/mol. The molecule has 1 fully saturated rings. The van der Waals surface area contributed by atoms with Gasteiger partial charge in [-0.2, -0.15) is 0 Å². The largest absolute Gasteiger partial charge is 0.330 e. The van der Waals surface area contributed by atoms with Crippen LogP contribution in [0.15, 0.2) is 0 Å². The molecule has 0 bridgehead atoms. The van der Waals surface area contributed by atoms with Crippen LogP contribution in [-0.2, 0) is 0 Å². The van der Waals surface area contributed by atoms with E-state index in [0.29, 0.717) is 11.5 Å². The zero-order chi connectivity index (χ0) is 12.9. The summed E-state index contributed by atoms with van der Waals surface area (Å²) in [5.41, 5.74) is 6.07. The highest BCUT2D eigenvalue weighted by molar-refractivity contribution is 4.78. The molecule has 2 N–H and O–H groups in total. The van der Waals surface area contributed by atoms with Crippen LogP contribution in [0.4, 0.5) is 0 Å². The Hall–Kier alpha value is -0.120. The van der Waals surface area contributed by atoms with Crippen molar-refractivity contribution < 1.29 is 0 Å². The number of nitrogens with zero attached hydrogens (tertiary/aromatic N) is 2. The van der Waals surface area contributed by atoms with E-state index in [0.717, 1.165) is 13.0 Å². The van der Waals surface area contributed by atoms with Crippen molar-refractivity contribution in [2.45, 2.75) is 46.1 Å². The molecule has 17 heavy (non-hydrogen) atoms. The molecule has 1 heterocycles. The third-order valence-corrected chi connectivity index (χ3v) is 4.09. The summed E-state index contributed by atoms with van der Waals surface area (Å²) in [5, 5.41) is 0. The Labute approximate surface area is 107 Å². The lowest BCUT2D eigenvalue weighted by atomic mass is 9.84. The fraction of sp³-hybridized carbons (Fsp3) is 1.00. The highest BCUT2D eigenvalue weighted by Gasteiger charge is 2.22. The Morgan fingerprint density at radius 2 is 1.94 bits per heavy atom. The summed E-state index contributed by atoms with van der Waals surface area (Å²) in [7, 11) is 2.22. The van der Waals surface area contributed by atoms with Crippen LogP contribution in [0.5, 0.6) is 0 Å². The van der Waals surface area contributed by atoms with Crippen molar-refractivity contribution in [3.8, 4) is 0 Å². The summed E-state index contributed by atoms with van der Waals surface area (Å²) >= 11 is 0. The summed E-state index contributed by atoms with van der Waals surface area (Å²) in [6, 6.07) is 0.714. The van der Waals surface area contributed by atoms with E-state index in [-0.39, 0.29) is 0 Å². The molecule has 0 aromatic rings. The lowest BCUT2D eigenvalue weighted by Gasteiger charge is -2.38. The molecule has 1 saturated heterocycles. The Morgan fingerprint density at radius 1 is 1.24 bits per heavy atom. The number of hydrogen-bond donors (Lipinski definition) is 1. The number of piperazine rings is 1. The van der Waals surface area contributed by atoms with Crippen LogP contribution in [0.25, 0.3) is 0 Å². The average molecular weight is 241 g/mol. The van der Waals surface area contributed by atoms with Crippen molar-refractivity contribution >= 4 is 0 Å². The molecule has 0 amide bonds. The predicted molar refractivity (Wildman–Crippen MR) is 75.2 cm³/mol. The van der Waals surface area contributed by atoms with Crippen molar-refractivity contribution in [2.75, 3.05) is 39.8 Å². The molecule has 1 aliphatic rings. The second-order valence-corrected chi connectivity index (χ2v) is 6.45. The summed E-state index contributed by atoms with van der Waals surface area (Å²) in [4.78, 5) is 5.07. The standard InChI is InChI=1S/C14H31N3/c1-13-12-16(4)10-11-17(13)9-5-6-14(2,3)7-8-15/h13H,5-12,15H2,1-4H3. The number of nitrogens with two attached hydrogens (primary N) is 1. The first kappa shape index (κ1) is 14.9. The third kappa shape index (κ3) is 5.36. The highest BCUT2D eigenvalue weighted by Crippen LogP contribution is 2.26. The van der Waals surface area contributed by atoms with Gasteiger partial charge < -0.3 is 10.6 Å². The zero-order valence-corrected chi connectivity index (χ0v) is 12.2. The van der Waals surface area contributed by atoms with Crippen LogP contribution in [0.2, 0.25) is 0 Å². The highest BCUT2D eigenvalue weighted by atomic mass is 15.3. The fourth-order valence-corrected chi connectivity index (χ4v) is 2.79.